The van der Waals surface area contributed by atoms with E-state index < -0.39 is 27.7 Å². The summed E-state index contributed by atoms with van der Waals surface area (Å²) in [5.41, 5.74) is 5.71. The van der Waals surface area contributed by atoms with Crippen LogP contribution in [0.5, 0.6) is 5.75 Å². The summed E-state index contributed by atoms with van der Waals surface area (Å²) in [6.07, 6.45) is 0.955. The van der Waals surface area contributed by atoms with Crippen LogP contribution in [-0.4, -0.2) is 47.7 Å². The molecule has 0 fully saturated rings. The van der Waals surface area contributed by atoms with Crippen molar-refractivity contribution < 1.29 is 31.6 Å². The van der Waals surface area contributed by atoms with Crippen LogP contribution >= 0.6 is 0 Å². The minimum Gasteiger partial charge on any atom is -0.495 e. The van der Waals surface area contributed by atoms with E-state index in [1.807, 2.05) is 0 Å². The molecule has 0 bridgehead atoms. The highest BCUT2D eigenvalue weighted by Crippen LogP contribution is 2.44. The van der Waals surface area contributed by atoms with Gasteiger partial charge in [-0.05, 0) is 24.3 Å². The SMILES string of the molecule is CNC(=O)c1c(-c2ccc(F)cc2)oc2cc(N(C)S(C)(=O)=O)c(C(N)=O)c(OC)c12. The number of carbonyl (C=O) groups excluding carboxylic acids is 2. The Kier molecular flexibility index (Phi) is 5.64. The Hall–Kier alpha value is -3.60. The molecule has 0 radical (unpaired) electrons. The third-order valence-corrected chi connectivity index (χ3v) is 5.95. The van der Waals surface area contributed by atoms with Gasteiger partial charge in [0.15, 0.2) is 0 Å². The predicted octanol–water partition coefficient (Wildman–Crippen LogP) is 2.10. The third-order valence-electron chi connectivity index (χ3n) is 4.76. The van der Waals surface area contributed by atoms with Crippen LogP contribution in [0, 0.1) is 5.82 Å². The van der Waals surface area contributed by atoms with Crippen LogP contribution in [0.25, 0.3) is 22.3 Å². The second kappa shape index (κ2) is 7.91. The number of primary amides is 1. The van der Waals surface area contributed by atoms with Crippen LogP contribution in [0.1, 0.15) is 20.7 Å². The second-order valence-electron chi connectivity index (χ2n) is 6.66. The molecular weight excluding hydrogens is 429 g/mol. The minimum absolute atomic E-state index is 0.0250. The van der Waals surface area contributed by atoms with E-state index in [0.29, 0.717) is 5.56 Å². The van der Waals surface area contributed by atoms with Gasteiger partial charge in [-0.3, -0.25) is 13.9 Å². The summed E-state index contributed by atoms with van der Waals surface area (Å²) in [6.45, 7) is 0. The molecule has 0 unspecified atom stereocenters. The Morgan fingerprint density at radius 3 is 2.29 bits per heavy atom. The van der Waals surface area contributed by atoms with Crippen LogP contribution in [0.2, 0.25) is 0 Å². The predicted molar refractivity (Wildman–Crippen MR) is 113 cm³/mol. The first kappa shape index (κ1) is 22.1. The van der Waals surface area contributed by atoms with Gasteiger partial charge in [-0.15, -0.1) is 0 Å². The summed E-state index contributed by atoms with van der Waals surface area (Å²) in [4.78, 5) is 25.0. The molecule has 31 heavy (non-hydrogen) atoms. The Morgan fingerprint density at radius 2 is 1.81 bits per heavy atom. The van der Waals surface area contributed by atoms with E-state index in [9.17, 15) is 22.4 Å². The number of fused-ring (bicyclic) bond motifs is 1. The molecule has 0 aliphatic rings. The van der Waals surface area contributed by atoms with Gasteiger partial charge in [0.05, 0.1) is 30.0 Å². The zero-order valence-electron chi connectivity index (χ0n) is 17.1. The van der Waals surface area contributed by atoms with Crippen molar-refractivity contribution in [1.29, 1.82) is 0 Å². The monoisotopic (exact) mass is 449 g/mol. The van der Waals surface area contributed by atoms with E-state index in [1.54, 1.807) is 0 Å². The first-order valence-electron chi connectivity index (χ1n) is 8.90. The number of hydrogen-bond acceptors (Lipinski definition) is 6. The molecule has 9 nitrogen and oxygen atoms in total. The number of furan rings is 1. The topological polar surface area (TPSA) is 132 Å². The standard InChI is InChI=1S/C20H20FN3O6S/c1-23-20(26)16-15-13(30-17(16)10-5-7-11(21)8-6-10)9-12(24(2)31(4,27)28)14(19(22)25)18(15)29-3/h5-9H,1-4H3,(H2,22,25)(H,23,26). The highest BCUT2D eigenvalue weighted by Gasteiger charge is 2.31. The fraction of sp³-hybridized carbons (Fsp3) is 0.200. The van der Waals surface area contributed by atoms with Crippen molar-refractivity contribution in [2.75, 3.05) is 31.8 Å². The molecule has 0 atom stereocenters. The molecule has 1 aromatic heterocycles. The molecule has 1 heterocycles. The average Bonchev–Trinajstić information content (AvgIpc) is 3.10. The summed E-state index contributed by atoms with van der Waals surface area (Å²) >= 11 is 0. The van der Waals surface area contributed by atoms with Gasteiger partial charge in [0, 0.05) is 25.7 Å². The lowest BCUT2D eigenvalue weighted by Gasteiger charge is -2.21. The molecule has 0 aliphatic carbocycles. The smallest absolute Gasteiger partial charge is 0.255 e. The summed E-state index contributed by atoms with van der Waals surface area (Å²) in [5, 5.41) is 2.62. The van der Waals surface area contributed by atoms with Crippen LogP contribution in [-0.2, 0) is 10.0 Å². The number of halogens is 1. The minimum atomic E-state index is -3.78. The van der Waals surface area contributed by atoms with Gasteiger partial charge < -0.3 is 20.2 Å². The van der Waals surface area contributed by atoms with Gasteiger partial charge in [-0.1, -0.05) is 0 Å². The van der Waals surface area contributed by atoms with Crippen LogP contribution < -0.4 is 20.1 Å². The first-order valence-corrected chi connectivity index (χ1v) is 10.7. The number of hydrogen-bond donors (Lipinski definition) is 2. The number of rotatable bonds is 6. The van der Waals surface area contributed by atoms with Gasteiger partial charge in [-0.2, -0.15) is 0 Å². The zero-order chi connectivity index (χ0) is 23.1. The molecule has 0 saturated carbocycles. The van der Waals surface area contributed by atoms with E-state index in [4.69, 9.17) is 14.9 Å². The molecule has 0 spiro atoms. The molecular formula is C20H20FN3O6S. The molecule has 164 valence electrons. The number of methoxy groups -OCH3 is 1. The van der Waals surface area contributed by atoms with E-state index in [1.165, 1.54) is 51.5 Å². The number of benzene rings is 2. The fourth-order valence-electron chi connectivity index (χ4n) is 3.23. The summed E-state index contributed by atoms with van der Waals surface area (Å²) < 4.78 is 49.8. The maximum atomic E-state index is 13.4. The Balaban J connectivity index is 2.51. The van der Waals surface area contributed by atoms with Crippen molar-refractivity contribution in [2.45, 2.75) is 0 Å². The quantitative estimate of drug-likeness (QED) is 0.592. The van der Waals surface area contributed by atoms with Gasteiger partial charge in [-0.25, -0.2) is 12.8 Å². The number of nitrogens with two attached hydrogens (primary N) is 1. The zero-order valence-corrected chi connectivity index (χ0v) is 18.0. The number of nitrogens with one attached hydrogen (secondary N) is 1. The fourth-order valence-corrected chi connectivity index (χ4v) is 3.73. The summed E-state index contributed by atoms with van der Waals surface area (Å²) in [6, 6.07) is 6.53. The van der Waals surface area contributed by atoms with Crippen molar-refractivity contribution in [1.82, 2.24) is 5.32 Å². The second-order valence-corrected chi connectivity index (χ2v) is 8.68. The number of ether oxygens (including phenoxy) is 1. The highest BCUT2D eigenvalue weighted by molar-refractivity contribution is 7.92. The van der Waals surface area contributed by atoms with Crippen molar-refractivity contribution >= 4 is 38.5 Å². The third kappa shape index (κ3) is 3.79. The molecule has 11 heteroatoms. The summed E-state index contributed by atoms with van der Waals surface area (Å²) in [5.74, 6) is -2.03. The molecule has 3 N–H and O–H groups in total. The lowest BCUT2D eigenvalue weighted by molar-refractivity contribution is 0.0961. The number of carbonyl (C=O) groups is 2. The Morgan fingerprint density at radius 1 is 1.19 bits per heavy atom. The van der Waals surface area contributed by atoms with Crippen LogP contribution in [0.3, 0.4) is 0 Å². The molecule has 3 aromatic rings. The molecule has 0 aliphatic heterocycles. The van der Waals surface area contributed by atoms with Crippen molar-refractivity contribution in [3.8, 4) is 17.1 Å². The maximum Gasteiger partial charge on any atom is 0.255 e. The largest absolute Gasteiger partial charge is 0.495 e. The molecule has 0 saturated heterocycles. The highest BCUT2D eigenvalue weighted by atomic mass is 32.2. The average molecular weight is 449 g/mol. The van der Waals surface area contributed by atoms with Crippen LogP contribution in [0.4, 0.5) is 10.1 Å². The van der Waals surface area contributed by atoms with E-state index in [2.05, 4.69) is 5.32 Å². The van der Waals surface area contributed by atoms with Gasteiger partial charge in [0.1, 0.15) is 28.5 Å². The van der Waals surface area contributed by atoms with E-state index in [-0.39, 0.29) is 39.3 Å². The van der Waals surface area contributed by atoms with Crippen molar-refractivity contribution in [2.24, 2.45) is 5.73 Å². The van der Waals surface area contributed by atoms with Crippen LogP contribution in [0.15, 0.2) is 34.7 Å². The van der Waals surface area contributed by atoms with Gasteiger partial charge in [0.25, 0.3) is 11.8 Å². The molecule has 3 rings (SSSR count). The normalized spacial score (nSPS) is 11.4. The van der Waals surface area contributed by atoms with Crippen molar-refractivity contribution in [3.63, 3.8) is 0 Å². The van der Waals surface area contributed by atoms with E-state index in [0.717, 1.165) is 10.6 Å². The van der Waals surface area contributed by atoms with Gasteiger partial charge >= 0.3 is 0 Å². The van der Waals surface area contributed by atoms with Crippen molar-refractivity contribution in [3.05, 3.63) is 47.3 Å². The number of amides is 2. The maximum absolute atomic E-state index is 13.4. The molecule has 2 aromatic carbocycles. The number of sulfonamides is 1. The molecule has 2 amide bonds. The van der Waals surface area contributed by atoms with Gasteiger partial charge in [0.2, 0.25) is 10.0 Å². The number of nitrogens with zero attached hydrogens (tertiary/aromatic N) is 1. The lowest BCUT2D eigenvalue weighted by atomic mass is 10.0. The first-order chi connectivity index (χ1) is 14.5. The van der Waals surface area contributed by atoms with E-state index >= 15 is 0 Å². The number of anilines is 1. The Labute approximate surface area is 177 Å². The Bertz CT molecular complexity index is 1300. The lowest BCUT2D eigenvalue weighted by Crippen LogP contribution is -2.28. The summed E-state index contributed by atoms with van der Waals surface area (Å²) in [7, 11) is 0.122.